The van der Waals surface area contributed by atoms with Crippen molar-refractivity contribution in [2.24, 2.45) is 0 Å². The Morgan fingerprint density at radius 3 is 2.63 bits per heavy atom. The van der Waals surface area contributed by atoms with Gasteiger partial charge in [-0.25, -0.2) is 0 Å². The minimum absolute atomic E-state index is 0.0297. The van der Waals surface area contributed by atoms with E-state index in [0.29, 0.717) is 6.54 Å². The van der Waals surface area contributed by atoms with Gasteiger partial charge in [0.25, 0.3) is 0 Å². The fourth-order valence-electron chi connectivity index (χ4n) is 3.09. The van der Waals surface area contributed by atoms with Crippen LogP contribution in [0.15, 0.2) is 42.1 Å². The van der Waals surface area contributed by atoms with Crippen LogP contribution >= 0.6 is 11.8 Å². The van der Waals surface area contributed by atoms with Gasteiger partial charge >= 0.3 is 0 Å². The third-order valence-electron chi connectivity index (χ3n) is 4.62. The van der Waals surface area contributed by atoms with E-state index >= 15 is 0 Å². The highest BCUT2D eigenvalue weighted by molar-refractivity contribution is 8.00. The molecular formula is C20H27N5OS. The predicted octanol–water partition coefficient (Wildman–Crippen LogP) is 3.35. The Morgan fingerprint density at radius 1 is 1.26 bits per heavy atom. The summed E-state index contributed by atoms with van der Waals surface area (Å²) in [4.78, 5) is 14.6. The summed E-state index contributed by atoms with van der Waals surface area (Å²) < 4.78 is 2.08. The summed E-state index contributed by atoms with van der Waals surface area (Å²) in [5.41, 5.74) is 2.23. The number of thioether (sulfide) groups is 1. The van der Waals surface area contributed by atoms with Crippen LogP contribution in [0.3, 0.4) is 0 Å². The van der Waals surface area contributed by atoms with E-state index in [1.54, 1.807) is 6.08 Å². The lowest BCUT2D eigenvalue weighted by molar-refractivity contribution is -0.120. The zero-order valence-corrected chi connectivity index (χ0v) is 16.8. The molecule has 144 valence electrons. The van der Waals surface area contributed by atoms with Gasteiger partial charge in [-0.05, 0) is 45.2 Å². The molecule has 1 amide bonds. The van der Waals surface area contributed by atoms with Crippen LogP contribution < -0.4 is 10.2 Å². The molecule has 0 saturated carbocycles. The zero-order chi connectivity index (χ0) is 19.2. The van der Waals surface area contributed by atoms with Crippen molar-refractivity contribution in [3.8, 4) is 5.69 Å². The van der Waals surface area contributed by atoms with Crippen molar-refractivity contribution in [2.45, 2.75) is 43.5 Å². The number of aryl methyl sites for hydroxylation is 1. The van der Waals surface area contributed by atoms with Crippen LogP contribution in [0.25, 0.3) is 5.69 Å². The second kappa shape index (κ2) is 9.08. The summed E-state index contributed by atoms with van der Waals surface area (Å²) >= 11 is 1.43. The highest BCUT2D eigenvalue weighted by Crippen LogP contribution is 2.30. The van der Waals surface area contributed by atoms with Gasteiger partial charge in [0.2, 0.25) is 11.9 Å². The van der Waals surface area contributed by atoms with Gasteiger partial charge in [-0.2, -0.15) is 0 Å². The topological polar surface area (TPSA) is 63.1 Å². The number of rotatable bonds is 7. The number of anilines is 1. The molecule has 3 rings (SSSR count). The van der Waals surface area contributed by atoms with E-state index < -0.39 is 0 Å². The van der Waals surface area contributed by atoms with E-state index in [1.165, 1.54) is 36.6 Å². The molecule has 1 N–H and O–H groups in total. The SMILES string of the molecule is C=CCNC(=O)[C@@H](C)Sc1nnc(N2CCCCC2)n1-c1ccc(C)cc1. The number of benzene rings is 1. The largest absolute Gasteiger partial charge is 0.352 e. The van der Waals surface area contributed by atoms with Crippen molar-refractivity contribution in [3.63, 3.8) is 0 Å². The number of carbonyl (C=O) groups excluding carboxylic acids is 1. The Hall–Kier alpha value is -2.28. The second-order valence-electron chi connectivity index (χ2n) is 6.80. The number of carbonyl (C=O) groups is 1. The fraction of sp³-hybridized carbons (Fsp3) is 0.450. The van der Waals surface area contributed by atoms with Gasteiger partial charge in [0.05, 0.1) is 10.9 Å². The van der Waals surface area contributed by atoms with E-state index in [0.717, 1.165) is 29.9 Å². The fourth-order valence-corrected chi connectivity index (χ4v) is 3.97. The average molecular weight is 386 g/mol. The van der Waals surface area contributed by atoms with Gasteiger partial charge in [-0.3, -0.25) is 9.36 Å². The van der Waals surface area contributed by atoms with E-state index in [4.69, 9.17) is 0 Å². The molecule has 1 aliphatic rings. The van der Waals surface area contributed by atoms with E-state index in [-0.39, 0.29) is 11.2 Å². The average Bonchev–Trinajstić information content (AvgIpc) is 3.10. The highest BCUT2D eigenvalue weighted by atomic mass is 32.2. The number of amides is 1. The summed E-state index contributed by atoms with van der Waals surface area (Å²) in [5, 5.41) is 12.2. The number of nitrogens with one attached hydrogen (secondary N) is 1. The third kappa shape index (κ3) is 4.71. The molecule has 2 aromatic rings. The van der Waals surface area contributed by atoms with E-state index in [2.05, 4.69) is 62.7 Å². The summed E-state index contributed by atoms with van der Waals surface area (Å²) in [6, 6.07) is 8.34. The maximum absolute atomic E-state index is 12.3. The van der Waals surface area contributed by atoms with Crippen molar-refractivity contribution in [1.29, 1.82) is 0 Å². The van der Waals surface area contributed by atoms with Gasteiger partial charge in [-0.1, -0.05) is 35.5 Å². The maximum atomic E-state index is 12.3. The van der Waals surface area contributed by atoms with Crippen molar-refractivity contribution in [2.75, 3.05) is 24.5 Å². The van der Waals surface area contributed by atoms with Gasteiger partial charge in [0, 0.05) is 19.6 Å². The van der Waals surface area contributed by atoms with Crippen molar-refractivity contribution < 1.29 is 4.79 Å². The number of hydrogen-bond donors (Lipinski definition) is 1. The molecule has 1 atom stereocenters. The van der Waals surface area contributed by atoms with Gasteiger partial charge < -0.3 is 10.2 Å². The van der Waals surface area contributed by atoms with Gasteiger partial charge in [0.1, 0.15) is 0 Å². The predicted molar refractivity (Wildman–Crippen MR) is 111 cm³/mol. The van der Waals surface area contributed by atoms with Crippen LogP contribution in [-0.4, -0.2) is 45.6 Å². The molecule has 1 saturated heterocycles. The molecule has 0 aliphatic carbocycles. The molecule has 27 heavy (non-hydrogen) atoms. The van der Waals surface area contributed by atoms with E-state index in [1.807, 2.05) is 6.92 Å². The summed E-state index contributed by atoms with van der Waals surface area (Å²) in [7, 11) is 0. The second-order valence-corrected chi connectivity index (χ2v) is 8.10. The van der Waals surface area contributed by atoms with Crippen LogP contribution in [0.5, 0.6) is 0 Å². The minimum Gasteiger partial charge on any atom is -0.352 e. The maximum Gasteiger partial charge on any atom is 0.233 e. The number of nitrogens with zero attached hydrogens (tertiary/aromatic N) is 4. The van der Waals surface area contributed by atoms with Gasteiger partial charge in [0.15, 0.2) is 5.16 Å². The molecule has 1 aromatic carbocycles. The zero-order valence-electron chi connectivity index (χ0n) is 16.0. The molecular weight excluding hydrogens is 358 g/mol. The first-order valence-electron chi connectivity index (χ1n) is 9.43. The third-order valence-corrected chi connectivity index (χ3v) is 5.66. The molecule has 0 unspecified atom stereocenters. The lowest BCUT2D eigenvalue weighted by Crippen LogP contribution is -2.32. The first-order chi connectivity index (χ1) is 13.1. The minimum atomic E-state index is -0.271. The quantitative estimate of drug-likeness (QED) is 0.585. The summed E-state index contributed by atoms with van der Waals surface area (Å²) in [6.45, 7) is 10.0. The Kier molecular flexibility index (Phi) is 6.55. The lowest BCUT2D eigenvalue weighted by Gasteiger charge is -2.28. The Morgan fingerprint density at radius 2 is 1.96 bits per heavy atom. The van der Waals surface area contributed by atoms with Crippen LogP contribution in [-0.2, 0) is 4.79 Å². The molecule has 6 nitrogen and oxygen atoms in total. The number of piperidine rings is 1. The summed E-state index contributed by atoms with van der Waals surface area (Å²) in [6.07, 6.45) is 5.28. The Labute approximate surface area is 165 Å². The Bertz CT molecular complexity index is 780. The smallest absolute Gasteiger partial charge is 0.233 e. The van der Waals surface area contributed by atoms with Crippen LogP contribution in [0.1, 0.15) is 31.7 Å². The van der Waals surface area contributed by atoms with Crippen LogP contribution in [0.2, 0.25) is 0 Å². The molecule has 2 heterocycles. The standard InChI is InChI=1S/C20H27N5OS/c1-4-12-21-18(26)16(3)27-20-23-22-19(24-13-6-5-7-14-24)25(20)17-10-8-15(2)9-11-17/h4,8-11,16H,1,5-7,12-14H2,2-3H3,(H,21,26)/t16-/m1/s1. The van der Waals surface area contributed by atoms with Crippen LogP contribution in [0, 0.1) is 6.92 Å². The molecule has 0 bridgehead atoms. The molecule has 1 aliphatic heterocycles. The van der Waals surface area contributed by atoms with Gasteiger partial charge in [-0.15, -0.1) is 16.8 Å². The number of hydrogen-bond acceptors (Lipinski definition) is 5. The Balaban J connectivity index is 1.91. The van der Waals surface area contributed by atoms with Crippen LogP contribution in [0.4, 0.5) is 5.95 Å². The molecule has 0 spiro atoms. The lowest BCUT2D eigenvalue weighted by atomic mass is 10.1. The summed E-state index contributed by atoms with van der Waals surface area (Å²) in [5.74, 6) is 0.831. The van der Waals surface area contributed by atoms with E-state index in [9.17, 15) is 4.79 Å². The number of aromatic nitrogens is 3. The molecule has 0 radical (unpaired) electrons. The molecule has 1 fully saturated rings. The molecule has 1 aromatic heterocycles. The monoisotopic (exact) mass is 385 g/mol. The van der Waals surface area contributed by atoms with Crippen molar-refractivity contribution >= 4 is 23.6 Å². The highest BCUT2D eigenvalue weighted by Gasteiger charge is 2.24. The molecule has 7 heteroatoms. The van der Waals surface area contributed by atoms with Crippen molar-refractivity contribution in [3.05, 3.63) is 42.5 Å². The first kappa shape index (κ1) is 19.5. The van der Waals surface area contributed by atoms with Crippen molar-refractivity contribution in [1.82, 2.24) is 20.1 Å². The normalized spacial score (nSPS) is 15.4. The first-order valence-corrected chi connectivity index (χ1v) is 10.3.